The molecule has 14 heteroatoms. The van der Waals surface area contributed by atoms with Crippen molar-refractivity contribution in [2.75, 3.05) is 0 Å². The summed E-state index contributed by atoms with van der Waals surface area (Å²) in [6.07, 6.45) is -4.32. The topological polar surface area (TPSA) is 120 Å². The molecule has 0 spiro atoms. The van der Waals surface area contributed by atoms with Crippen LogP contribution < -0.4 is 0 Å². The first-order valence-electron chi connectivity index (χ1n) is 14.9. The van der Waals surface area contributed by atoms with E-state index in [1.807, 2.05) is 0 Å². The zero-order valence-electron chi connectivity index (χ0n) is 26.8. The number of fused-ring (bicyclic) bond motifs is 2. The number of hydrogen-bond donors (Lipinski definition) is 0. The number of carbonyl (C=O) groups is 5. The summed E-state index contributed by atoms with van der Waals surface area (Å²) in [7, 11) is 0. The number of benzene rings is 2. The Morgan fingerprint density at radius 1 is 0.647 bits per heavy atom. The second-order valence-electron chi connectivity index (χ2n) is 11.1. The first kappa shape index (κ1) is 37.8. The van der Waals surface area contributed by atoms with Gasteiger partial charge in [0.05, 0.1) is 22.3 Å². The molecule has 4 aromatic rings. The van der Waals surface area contributed by atoms with Crippen LogP contribution in [-0.4, -0.2) is 39.6 Å². The molecule has 0 unspecified atom stereocenters. The van der Waals surface area contributed by atoms with Gasteiger partial charge in [0, 0.05) is 35.5 Å². The number of pyridine rings is 2. The van der Waals surface area contributed by atoms with Crippen molar-refractivity contribution in [3.05, 3.63) is 153 Å². The Kier molecular flexibility index (Phi) is 11.6. The zero-order valence-corrected chi connectivity index (χ0v) is 26.8. The Bertz CT molecular complexity index is 2050. The molecule has 262 valence electrons. The monoisotopic (exact) mass is 708 g/mol. The maximum absolute atomic E-state index is 12.6. The van der Waals surface area contributed by atoms with Gasteiger partial charge in [-0.15, -0.1) is 0 Å². The number of ketones is 4. The van der Waals surface area contributed by atoms with Gasteiger partial charge in [0.2, 0.25) is 11.6 Å². The fourth-order valence-electron chi connectivity index (χ4n) is 4.88. The molecule has 2 heterocycles. The molecule has 2 aliphatic rings. The van der Waals surface area contributed by atoms with Crippen LogP contribution in [0, 0.1) is 0 Å². The van der Waals surface area contributed by atoms with Crippen molar-refractivity contribution in [2.24, 2.45) is 0 Å². The fourth-order valence-corrected chi connectivity index (χ4v) is 4.88. The minimum absolute atomic E-state index is 0.0123. The molecule has 6 rings (SSSR count). The highest BCUT2D eigenvalue weighted by Crippen LogP contribution is 2.31. The van der Waals surface area contributed by atoms with Crippen molar-refractivity contribution >= 4 is 29.6 Å². The first-order chi connectivity index (χ1) is 24.0. The Morgan fingerprint density at radius 3 is 1.65 bits per heavy atom. The minimum Gasteiger partial charge on any atom is -0.463 e. The van der Waals surface area contributed by atoms with E-state index < -0.39 is 23.5 Å². The molecule has 0 amide bonds. The van der Waals surface area contributed by atoms with Crippen LogP contribution in [0.1, 0.15) is 77.8 Å². The van der Waals surface area contributed by atoms with E-state index in [0.29, 0.717) is 27.8 Å². The average molecular weight is 709 g/mol. The number of hydrogen-bond acceptors (Lipinski definition) is 8. The van der Waals surface area contributed by atoms with Gasteiger partial charge in [-0.2, -0.15) is 26.3 Å². The summed E-state index contributed by atoms with van der Waals surface area (Å²) in [4.78, 5) is 65.4. The van der Waals surface area contributed by atoms with Crippen LogP contribution in [0.4, 0.5) is 26.3 Å². The number of allylic oxidation sites excluding steroid dienone is 4. The van der Waals surface area contributed by atoms with Crippen molar-refractivity contribution in [2.45, 2.75) is 39.2 Å². The van der Waals surface area contributed by atoms with Crippen LogP contribution in [0.15, 0.2) is 108 Å². The fraction of sp³-hybridized carbons (Fsp3) is 0.162. The van der Waals surface area contributed by atoms with Crippen molar-refractivity contribution in [1.82, 2.24) is 9.97 Å². The molecule has 0 radical (unpaired) electrons. The molecule has 0 N–H and O–H groups in total. The van der Waals surface area contributed by atoms with Crippen LogP contribution in [0.2, 0.25) is 0 Å². The van der Waals surface area contributed by atoms with E-state index in [4.69, 9.17) is 0 Å². The van der Waals surface area contributed by atoms with E-state index in [-0.39, 0.29) is 65.2 Å². The van der Waals surface area contributed by atoms with Gasteiger partial charge in [0.15, 0.2) is 11.6 Å². The summed E-state index contributed by atoms with van der Waals surface area (Å²) in [5.74, 6) is -0.933. The molecular weight excluding hydrogens is 682 g/mol. The normalized spacial score (nSPS) is 13.9. The average Bonchev–Trinajstić information content (AvgIpc) is 3.11. The van der Waals surface area contributed by atoms with Gasteiger partial charge in [-0.3, -0.25) is 33.9 Å². The molecule has 2 aromatic carbocycles. The Morgan fingerprint density at radius 2 is 1.14 bits per heavy atom. The molecule has 0 bridgehead atoms. The highest BCUT2D eigenvalue weighted by Gasteiger charge is 2.33. The third-order valence-electron chi connectivity index (χ3n) is 7.59. The van der Waals surface area contributed by atoms with Crippen LogP contribution in [0.3, 0.4) is 0 Å². The highest BCUT2D eigenvalue weighted by atomic mass is 19.4. The number of carbonyl (C=O) groups excluding carboxylic acids is 5. The molecular formula is C37H26F6N2O6. The van der Waals surface area contributed by atoms with Crippen molar-refractivity contribution in [1.29, 1.82) is 0 Å². The van der Waals surface area contributed by atoms with Gasteiger partial charge < -0.3 is 4.74 Å². The number of nitrogens with zero attached hydrogens (tertiary/aromatic N) is 2. The molecule has 0 saturated heterocycles. The number of halogens is 6. The lowest BCUT2D eigenvalue weighted by Crippen LogP contribution is -2.23. The minimum atomic E-state index is -4.41. The summed E-state index contributed by atoms with van der Waals surface area (Å²) in [5.41, 5.74) is 1.64. The third kappa shape index (κ3) is 9.15. The van der Waals surface area contributed by atoms with Gasteiger partial charge in [0.1, 0.15) is 18.0 Å². The third-order valence-corrected chi connectivity index (χ3v) is 7.59. The standard InChI is InChI=1S/C18H12F3NO2.C10H7NO2.C9H7F3O2/c1-10-14(9-11-4-6-12(7-5-11)18(19,20)21)17(24)13-3-2-8-22-15(13)16(10)23;1-6-5-8(12)7-3-2-4-11-9(7)10(6)13;10-9(11,12)8-3-1-7(2-4-8)5-14-6-13/h2-8H,9H2,1H3;2-5H,1H3;1-4,6H,5H2. The summed E-state index contributed by atoms with van der Waals surface area (Å²) in [5, 5.41) is 0. The Hall–Kier alpha value is -6.05. The van der Waals surface area contributed by atoms with E-state index in [2.05, 4.69) is 14.7 Å². The van der Waals surface area contributed by atoms with Crippen LogP contribution in [0.5, 0.6) is 0 Å². The molecule has 0 saturated carbocycles. The van der Waals surface area contributed by atoms with Crippen LogP contribution in [-0.2, 0) is 34.9 Å². The number of ether oxygens (including phenoxy) is 1. The van der Waals surface area contributed by atoms with Crippen LogP contribution in [0.25, 0.3) is 0 Å². The van der Waals surface area contributed by atoms with Gasteiger partial charge in [-0.1, -0.05) is 24.3 Å². The van der Waals surface area contributed by atoms with E-state index in [9.17, 15) is 50.3 Å². The summed E-state index contributed by atoms with van der Waals surface area (Å²) >= 11 is 0. The molecule has 0 aliphatic heterocycles. The van der Waals surface area contributed by atoms with Crippen molar-refractivity contribution < 1.29 is 55.1 Å². The smallest absolute Gasteiger partial charge is 0.416 e. The first-order valence-corrected chi connectivity index (χ1v) is 14.9. The van der Waals surface area contributed by atoms with E-state index in [1.54, 1.807) is 25.1 Å². The second-order valence-corrected chi connectivity index (χ2v) is 11.1. The largest absolute Gasteiger partial charge is 0.463 e. The number of Topliss-reactive ketones (excluding diaryl/α,β-unsaturated/α-hetero) is 3. The highest BCUT2D eigenvalue weighted by molar-refractivity contribution is 6.26. The molecule has 2 aromatic heterocycles. The molecule has 51 heavy (non-hydrogen) atoms. The quantitative estimate of drug-likeness (QED) is 0.152. The maximum Gasteiger partial charge on any atom is 0.416 e. The zero-order chi connectivity index (χ0) is 37.5. The predicted octanol–water partition coefficient (Wildman–Crippen LogP) is 7.82. The predicted molar refractivity (Wildman–Crippen MR) is 170 cm³/mol. The maximum atomic E-state index is 12.6. The Labute approximate surface area is 286 Å². The Balaban J connectivity index is 0.000000185. The SMILES string of the molecule is CC1=C(Cc2ccc(C(F)(F)F)cc2)C(=O)c2cccnc2C1=O.CC1=CC(=O)c2cccnc2C1=O.O=COCc1ccc(C(F)(F)F)cc1. The number of rotatable bonds is 5. The van der Waals surface area contributed by atoms with Crippen LogP contribution >= 0.6 is 0 Å². The van der Waals surface area contributed by atoms with E-state index in [0.717, 1.165) is 24.3 Å². The second kappa shape index (κ2) is 15.7. The van der Waals surface area contributed by atoms with Gasteiger partial charge in [-0.05, 0) is 79.6 Å². The van der Waals surface area contributed by atoms with E-state index >= 15 is 0 Å². The number of alkyl halides is 6. The van der Waals surface area contributed by atoms with Crippen molar-refractivity contribution in [3.8, 4) is 0 Å². The molecule has 2 aliphatic carbocycles. The van der Waals surface area contributed by atoms with Crippen molar-refractivity contribution in [3.63, 3.8) is 0 Å². The summed E-state index contributed by atoms with van der Waals surface area (Å²) in [6, 6.07) is 15.4. The molecule has 8 nitrogen and oxygen atoms in total. The number of aromatic nitrogens is 2. The van der Waals surface area contributed by atoms with Gasteiger partial charge >= 0.3 is 12.4 Å². The van der Waals surface area contributed by atoms with E-state index in [1.165, 1.54) is 55.7 Å². The molecule has 0 atom stereocenters. The van der Waals surface area contributed by atoms with Gasteiger partial charge in [0.25, 0.3) is 6.47 Å². The lowest BCUT2D eigenvalue weighted by Gasteiger charge is -2.18. The summed E-state index contributed by atoms with van der Waals surface area (Å²) in [6.45, 7) is 3.40. The lowest BCUT2D eigenvalue weighted by molar-refractivity contribution is -0.138. The molecule has 0 fully saturated rings. The summed E-state index contributed by atoms with van der Waals surface area (Å²) < 4.78 is 78.4. The lowest BCUT2D eigenvalue weighted by atomic mass is 9.84. The van der Waals surface area contributed by atoms with Gasteiger partial charge in [-0.25, -0.2) is 0 Å².